The van der Waals surface area contributed by atoms with Crippen molar-refractivity contribution in [2.24, 2.45) is 0 Å². The molecule has 0 N–H and O–H groups in total. The van der Waals surface area contributed by atoms with Crippen molar-refractivity contribution < 1.29 is 14.3 Å². The molecule has 0 aromatic rings. The number of hydrogen-bond acceptors (Lipinski definition) is 4. The van der Waals surface area contributed by atoms with Gasteiger partial charge in [-0.3, -0.25) is 9.59 Å². The van der Waals surface area contributed by atoms with Gasteiger partial charge in [0, 0.05) is 0 Å². The van der Waals surface area contributed by atoms with Gasteiger partial charge < -0.3 is 4.74 Å². The first-order valence-electron chi connectivity index (χ1n) is 2.79. The van der Waals surface area contributed by atoms with Crippen molar-refractivity contribution in [1.82, 2.24) is 0 Å². The predicted octanol–water partition coefficient (Wildman–Crippen LogP) is 0.0323. The highest BCUT2D eigenvalue weighted by atomic mass is 16.5. The van der Waals surface area contributed by atoms with E-state index in [1.165, 1.54) is 6.07 Å². The van der Waals surface area contributed by atoms with Crippen LogP contribution in [0.4, 0.5) is 0 Å². The van der Waals surface area contributed by atoms with Crippen LogP contribution < -0.4 is 0 Å². The van der Waals surface area contributed by atoms with Gasteiger partial charge in [0.05, 0.1) is 6.61 Å². The number of nitrogens with zero attached hydrogens (tertiary/aromatic N) is 1. The molecule has 0 bridgehead atoms. The van der Waals surface area contributed by atoms with Crippen LogP contribution in [0.25, 0.3) is 0 Å². The van der Waals surface area contributed by atoms with Gasteiger partial charge in [-0.1, -0.05) is 0 Å². The smallest absolute Gasteiger partial charge is 0.314 e. The van der Waals surface area contributed by atoms with Crippen molar-refractivity contribution in [2.45, 2.75) is 13.3 Å². The quantitative estimate of drug-likeness (QED) is 0.316. The zero-order chi connectivity index (χ0) is 7.98. The largest absolute Gasteiger partial charge is 0.466 e. The first-order chi connectivity index (χ1) is 4.70. The summed E-state index contributed by atoms with van der Waals surface area (Å²) in [6.07, 6.45) is -0.440. The fourth-order valence-electron chi connectivity index (χ4n) is 0.383. The van der Waals surface area contributed by atoms with Gasteiger partial charge in [-0.2, -0.15) is 5.26 Å². The molecule has 0 aromatic carbocycles. The molecule has 0 spiro atoms. The molecule has 0 saturated heterocycles. The van der Waals surface area contributed by atoms with Gasteiger partial charge in [0.15, 0.2) is 0 Å². The van der Waals surface area contributed by atoms with E-state index in [1.54, 1.807) is 6.92 Å². The van der Waals surface area contributed by atoms with Crippen LogP contribution in [0.15, 0.2) is 0 Å². The Morgan fingerprint density at radius 2 is 2.20 bits per heavy atom. The van der Waals surface area contributed by atoms with Crippen molar-refractivity contribution in [1.29, 1.82) is 5.26 Å². The molecule has 0 aliphatic rings. The summed E-state index contributed by atoms with van der Waals surface area (Å²) in [6.45, 7) is 1.87. The molecule has 0 amide bonds. The number of nitriles is 1. The maximum absolute atomic E-state index is 10.4. The Bertz CT molecular complexity index is 180. The summed E-state index contributed by atoms with van der Waals surface area (Å²) in [5, 5.41) is 7.94. The normalized spacial score (nSPS) is 8.00. The second-order valence-corrected chi connectivity index (χ2v) is 1.52. The lowest BCUT2D eigenvalue weighted by molar-refractivity contribution is -0.144. The number of carbonyl (C=O) groups is 2. The number of Topliss-reactive ketones (excluding diaryl/α,β-unsaturated/α-hetero) is 1. The number of carbonyl (C=O) groups excluding carboxylic acids is 2. The SMILES string of the molecule is CCOC(=O)CC(=O)C#N. The van der Waals surface area contributed by atoms with Crippen molar-refractivity contribution >= 4 is 11.8 Å². The summed E-state index contributed by atoms with van der Waals surface area (Å²) in [5.74, 6) is -1.41. The van der Waals surface area contributed by atoms with Crippen LogP contribution in [0, 0.1) is 11.3 Å². The molecular formula is C6H7NO3. The molecule has 0 fully saturated rings. The highest BCUT2D eigenvalue weighted by molar-refractivity contribution is 6.04. The maximum atomic E-state index is 10.4. The number of rotatable bonds is 3. The van der Waals surface area contributed by atoms with E-state index in [1.807, 2.05) is 0 Å². The third-order valence-electron chi connectivity index (χ3n) is 0.735. The van der Waals surface area contributed by atoms with Crippen molar-refractivity contribution in [2.75, 3.05) is 6.61 Å². The summed E-state index contributed by atoms with van der Waals surface area (Å²) in [7, 11) is 0. The van der Waals surface area contributed by atoms with Gasteiger partial charge in [-0.15, -0.1) is 0 Å². The van der Waals surface area contributed by atoms with E-state index in [2.05, 4.69) is 4.74 Å². The average molecular weight is 141 g/mol. The molecule has 4 nitrogen and oxygen atoms in total. The van der Waals surface area contributed by atoms with Gasteiger partial charge in [-0.25, -0.2) is 0 Å². The molecule has 10 heavy (non-hydrogen) atoms. The molecule has 0 radical (unpaired) electrons. The Kier molecular flexibility index (Phi) is 3.89. The predicted molar refractivity (Wildman–Crippen MR) is 31.9 cm³/mol. The van der Waals surface area contributed by atoms with Gasteiger partial charge in [0.25, 0.3) is 0 Å². The average Bonchev–Trinajstić information content (AvgIpc) is 1.88. The highest BCUT2D eigenvalue weighted by Crippen LogP contribution is 1.86. The molecule has 0 aliphatic carbocycles. The third-order valence-corrected chi connectivity index (χ3v) is 0.735. The lowest BCUT2D eigenvalue weighted by atomic mass is 10.3. The molecule has 0 saturated carbocycles. The summed E-state index contributed by atoms with van der Waals surface area (Å²) in [6, 6.07) is 1.31. The Balaban J connectivity index is 3.60. The van der Waals surface area contributed by atoms with Crippen LogP contribution in [-0.4, -0.2) is 18.4 Å². The molecule has 54 valence electrons. The molecule has 0 aromatic heterocycles. The van der Waals surface area contributed by atoms with E-state index in [4.69, 9.17) is 5.26 Å². The summed E-state index contributed by atoms with van der Waals surface area (Å²) in [4.78, 5) is 20.7. The molecular weight excluding hydrogens is 134 g/mol. The van der Waals surface area contributed by atoms with E-state index in [9.17, 15) is 9.59 Å². The Morgan fingerprint density at radius 3 is 2.60 bits per heavy atom. The molecule has 0 heterocycles. The van der Waals surface area contributed by atoms with Crippen LogP contribution in [0.2, 0.25) is 0 Å². The second kappa shape index (κ2) is 4.50. The first kappa shape index (κ1) is 8.63. The minimum atomic E-state index is -0.765. The second-order valence-electron chi connectivity index (χ2n) is 1.52. The number of ketones is 1. The Labute approximate surface area is 58.4 Å². The minimum absolute atomic E-state index is 0.234. The minimum Gasteiger partial charge on any atom is -0.466 e. The van der Waals surface area contributed by atoms with E-state index in [0.717, 1.165) is 0 Å². The molecule has 0 atom stereocenters. The number of esters is 1. The lowest BCUT2D eigenvalue weighted by Gasteiger charge is -1.95. The fourth-order valence-corrected chi connectivity index (χ4v) is 0.383. The van der Waals surface area contributed by atoms with E-state index in [0.29, 0.717) is 0 Å². The van der Waals surface area contributed by atoms with E-state index >= 15 is 0 Å². The standard InChI is InChI=1S/C6H7NO3/c1-2-10-6(9)3-5(8)4-7/h2-3H2,1H3. The van der Waals surface area contributed by atoms with Crippen LogP contribution in [0.5, 0.6) is 0 Å². The molecule has 4 heteroatoms. The van der Waals surface area contributed by atoms with Gasteiger partial charge in [0.2, 0.25) is 5.78 Å². The number of hydrogen-bond donors (Lipinski definition) is 0. The zero-order valence-corrected chi connectivity index (χ0v) is 5.59. The number of ether oxygens (including phenoxy) is 1. The summed E-state index contributed by atoms with van der Waals surface area (Å²) in [5.41, 5.74) is 0. The van der Waals surface area contributed by atoms with Gasteiger partial charge >= 0.3 is 5.97 Å². The van der Waals surface area contributed by atoms with Crippen LogP contribution >= 0.6 is 0 Å². The van der Waals surface area contributed by atoms with E-state index < -0.39 is 18.2 Å². The monoisotopic (exact) mass is 141 g/mol. The van der Waals surface area contributed by atoms with Crippen LogP contribution in [0.1, 0.15) is 13.3 Å². The fraction of sp³-hybridized carbons (Fsp3) is 0.500. The van der Waals surface area contributed by atoms with Crippen LogP contribution in [0.3, 0.4) is 0 Å². The van der Waals surface area contributed by atoms with E-state index in [-0.39, 0.29) is 6.61 Å². The van der Waals surface area contributed by atoms with Crippen molar-refractivity contribution in [3.05, 3.63) is 0 Å². The lowest BCUT2D eigenvalue weighted by Crippen LogP contribution is -2.09. The van der Waals surface area contributed by atoms with Crippen molar-refractivity contribution in [3.63, 3.8) is 0 Å². The molecule has 0 unspecified atom stereocenters. The van der Waals surface area contributed by atoms with Crippen LogP contribution in [-0.2, 0) is 14.3 Å². The molecule has 0 aliphatic heterocycles. The summed E-state index contributed by atoms with van der Waals surface area (Å²) >= 11 is 0. The Morgan fingerprint density at radius 1 is 1.60 bits per heavy atom. The topological polar surface area (TPSA) is 67.2 Å². The van der Waals surface area contributed by atoms with Crippen molar-refractivity contribution in [3.8, 4) is 6.07 Å². The first-order valence-corrected chi connectivity index (χ1v) is 2.79. The van der Waals surface area contributed by atoms with Gasteiger partial charge in [0.1, 0.15) is 12.5 Å². The Hall–Kier alpha value is -1.37. The summed E-state index contributed by atoms with van der Waals surface area (Å²) < 4.78 is 4.40. The zero-order valence-electron chi connectivity index (χ0n) is 5.59. The maximum Gasteiger partial charge on any atom is 0.314 e. The highest BCUT2D eigenvalue weighted by Gasteiger charge is 2.07. The third kappa shape index (κ3) is 3.61. The van der Waals surface area contributed by atoms with Gasteiger partial charge in [-0.05, 0) is 6.92 Å². The molecule has 0 rings (SSSR count).